The summed E-state index contributed by atoms with van der Waals surface area (Å²) in [4.78, 5) is 28.3. The number of amides is 2. The highest BCUT2D eigenvalue weighted by atomic mass is 16.5. The molecule has 0 radical (unpaired) electrons. The second-order valence-corrected chi connectivity index (χ2v) is 6.98. The van der Waals surface area contributed by atoms with Gasteiger partial charge in [0, 0.05) is 26.2 Å². The van der Waals surface area contributed by atoms with Crippen molar-refractivity contribution in [3.63, 3.8) is 0 Å². The van der Waals surface area contributed by atoms with Crippen molar-refractivity contribution in [2.75, 3.05) is 33.3 Å². The van der Waals surface area contributed by atoms with E-state index in [1.807, 2.05) is 30.0 Å². The summed E-state index contributed by atoms with van der Waals surface area (Å²) in [5, 5.41) is 0. The molecular weight excluding hydrogens is 304 g/mol. The molecule has 0 saturated carbocycles. The van der Waals surface area contributed by atoms with Crippen molar-refractivity contribution in [1.29, 1.82) is 0 Å². The van der Waals surface area contributed by atoms with Crippen LogP contribution < -0.4 is 0 Å². The van der Waals surface area contributed by atoms with Crippen LogP contribution >= 0.6 is 0 Å². The maximum absolute atomic E-state index is 12.8. The minimum Gasteiger partial charge on any atom is -0.453 e. The summed E-state index contributed by atoms with van der Waals surface area (Å²) in [7, 11) is 1.43. The highest BCUT2D eigenvalue weighted by Crippen LogP contribution is 2.45. The van der Waals surface area contributed by atoms with Crippen molar-refractivity contribution in [1.82, 2.24) is 9.80 Å². The summed E-state index contributed by atoms with van der Waals surface area (Å²) in [5.74, 6) is 0.175. The monoisotopic (exact) mass is 330 g/mol. The van der Waals surface area contributed by atoms with Crippen LogP contribution in [0.25, 0.3) is 0 Å². The lowest BCUT2D eigenvalue weighted by atomic mass is 9.67. The number of carbonyl (C=O) groups excluding carboxylic acids is 2. The summed E-state index contributed by atoms with van der Waals surface area (Å²) < 4.78 is 4.84. The minimum atomic E-state index is -0.247. The Morgan fingerprint density at radius 3 is 2.50 bits per heavy atom. The molecule has 2 aliphatic heterocycles. The zero-order chi connectivity index (χ0) is 17.2. The van der Waals surface area contributed by atoms with Gasteiger partial charge in [-0.25, -0.2) is 4.79 Å². The van der Waals surface area contributed by atoms with Crippen LogP contribution in [0.1, 0.15) is 37.7 Å². The lowest BCUT2D eigenvalue weighted by molar-refractivity contribution is -0.141. The molecule has 1 aromatic rings. The molecule has 1 spiro atoms. The number of hydrogen-bond donors (Lipinski definition) is 0. The molecule has 5 heteroatoms. The van der Waals surface area contributed by atoms with Crippen molar-refractivity contribution >= 4 is 12.0 Å². The molecule has 0 aliphatic carbocycles. The summed E-state index contributed by atoms with van der Waals surface area (Å²) >= 11 is 0. The van der Waals surface area contributed by atoms with E-state index >= 15 is 0 Å². The number of benzene rings is 1. The molecule has 24 heavy (non-hydrogen) atoms. The van der Waals surface area contributed by atoms with Crippen molar-refractivity contribution in [3.8, 4) is 0 Å². The topological polar surface area (TPSA) is 49.9 Å². The molecule has 2 fully saturated rings. The maximum Gasteiger partial charge on any atom is 0.409 e. The van der Waals surface area contributed by atoms with Crippen LogP contribution in [-0.4, -0.2) is 55.1 Å². The molecule has 2 saturated heterocycles. The lowest BCUT2D eigenvalue weighted by Crippen LogP contribution is -2.54. The van der Waals surface area contributed by atoms with Crippen molar-refractivity contribution < 1.29 is 14.3 Å². The van der Waals surface area contributed by atoms with Crippen molar-refractivity contribution in [2.24, 2.45) is 5.41 Å². The Bertz CT molecular complexity index is 594. The van der Waals surface area contributed by atoms with Crippen LogP contribution in [0.4, 0.5) is 4.79 Å². The van der Waals surface area contributed by atoms with Crippen LogP contribution in [0.5, 0.6) is 0 Å². The van der Waals surface area contributed by atoms with E-state index in [1.165, 1.54) is 7.11 Å². The number of likely N-dealkylation sites (tertiary alicyclic amines) is 2. The highest BCUT2D eigenvalue weighted by molar-refractivity contribution is 5.84. The summed E-state index contributed by atoms with van der Waals surface area (Å²) in [5.41, 5.74) is 1.21. The van der Waals surface area contributed by atoms with Crippen molar-refractivity contribution in [3.05, 3.63) is 35.9 Å². The van der Waals surface area contributed by atoms with E-state index in [0.717, 1.165) is 37.9 Å². The number of ether oxygens (including phenoxy) is 1. The van der Waals surface area contributed by atoms with Gasteiger partial charge in [0.2, 0.25) is 5.91 Å². The third-order valence-electron chi connectivity index (χ3n) is 5.61. The molecule has 130 valence electrons. The average molecular weight is 330 g/mol. The fraction of sp³-hybridized carbons (Fsp3) is 0.579. The van der Waals surface area contributed by atoms with Gasteiger partial charge in [0.05, 0.1) is 13.0 Å². The van der Waals surface area contributed by atoms with Crippen LogP contribution in [0.2, 0.25) is 0 Å². The number of carbonyl (C=O) groups is 2. The van der Waals surface area contributed by atoms with Crippen molar-refractivity contribution in [2.45, 2.75) is 32.1 Å². The molecule has 0 bridgehead atoms. The van der Waals surface area contributed by atoms with Gasteiger partial charge in [-0.15, -0.1) is 0 Å². The molecule has 2 heterocycles. The molecular formula is C19H26N2O3. The van der Waals surface area contributed by atoms with E-state index in [4.69, 9.17) is 4.74 Å². The Balaban J connectivity index is 1.80. The largest absolute Gasteiger partial charge is 0.453 e. The number of methoxy groups -OCH3 is 1. The number of likely N-dealkylation sites (N-methyl/N-ethyl adjacent to an activating group) is 1. The molecule has 0 aromatic heterocycles. The second-order valence-electron chi connectivity index (χ2n) is 6.98. The average Bonchev–Trinajstić information content (AvgIpc) is 2.64. The quantitative estimate of drug-likeness (QED) is 0.838. The lowest BCUT2D eigenvalue weighted by Gasteiger charge is -2.49. The zero-order valence-corrected chi connectivity index (χ0v) is 14.5. The van der Waals surface area contributed by atoms with Gasteiger partial charge in [0.25, 0.3) is 0 Å². The van der Waals surface area contributed by atoms with E-state index in [1.54, 1.807) is 4.90 Å². The molecule has 1 atom stereocenters. The molecule has 3 rings (SSSR count). The summed E-state index contributed by atoms with van der Waals surface area (Å²) in [6.07, 6.45) is 2.48. The first kappa shape index (κ1) is 16.8. The van der Waals surface area contributed by atoms with E-state index < -0.39 is 0 Å². The normalized spacial score (nSPS) is 23.4. The number of piperidine rings is 2. The first-order valence-electron chi connectivity index (χ1n) is 8.75. The van der Waals surface area contributed by atoms with Crippen LogP contribution in [0.15, 0.2) is 30.3 Å². The summed E-state index contributed by atoms with van der Waals surface area (Å²) in [6.45, 7) is 5.01. The second kappa shape index (κ2) is 6.83. The van der Waals surface area contributed by atoms with Gasteiger partial charge < -0.3 is 14.5 Å². The van der Waals surface area contributed by atoms with Gasteiger partial charge in [0.1, 0.15) is 0 Å². The fourth-order valence-electron chi connectivity index (χ4n) is 4.16. The van der Waals surface area contributed by atoms with Gasteiger partial charge in [-0.05, 0) is 37.2 Å². The number of hydrogen-bond acceptors (Lipinski definition) is 3. The van der Waals surface area contributed by atoms with Gasteiger partial charge >= 0.3 is 6.09 Å². The highest BCUT2D eigenvalue weighted by Gasteiger charge is 2.46. The standard InChI is InChI=1S/C19H26N2O3/c1-3-20-14-19(9-11-21(12-10-19)18(23)24-2)13-16(17(20)22)15-7-5-4-6-8-15/h4-8,16H,3,9-14H2,1-2H3/t16-/m0/s1. The van der Waals surface area contributed by atoms with Crippen LogP contribution in [0.3, 0.4) is 0 Å². The summed E-state index contributed by atoms with van der Waals surface area (Å²) in [6, 6.07) is 10.1. The van der Waals surface area contributed by atoms with E-state index in [2.05, 4.69) is 12.1 Å². The SMILES string of the molecule is CCN1CC2(CCN(C(=O)OC)CC2)C[C@@H](c2ccccc2)C1=O. The van der Waals surface area contributed by atoms with Crippen LogP contribution in [0, 0.1) is 5.41 Å². The third kappa shape index (κ3) is 3.12. The van der Waals surface area contributed by atoms with E-state index in [-0.39, 0.29) is 23.3 Å². The molecule has 2 aliphatic rings. The maximum atomic E-state index is 12.8. The molecule has 2 amide bonds. The smallest absolute Gasteiger partial charge is 0.409 e. The number of nitrogens with zero attached hydrogens (tertiary/aromatic N) is 2. The molecule has 5 nitrogen and oxygen atoms in total. The van der Waals surface area contributed by atoms with Crippen LogP contribution in [-0.2, 0) is 9.53 Å². The Morgan fingerprint density at radius 2 is 1.92 bits per heavy atom. The molecule has 0 unspecified atom stereocenters. The Kier molecular flexibility index (Phi) is 4.78. The Morgan fingerprint density at radius 1 is 1.25 bits per heavy atom. The predicted octanol–water partition coefficient (Wildman–Crippen LogP) is 2.87. The van der Waals surface area contributed by atoms with Gasteiger partial charge in [-0.2, -0.15) is 0 Å². The predicted molar refractivity (Wildman–Crippen MR) is 91.7 cm³/mol. The van der Waals surface area contributed by atoms with E-state index in [9.17, 15) is 9.59 Å². The van der Waals surface area contributed by atoms with E-state index in [0.29, 0.717) is 13.1 Å². The number of rotatable bonds is 2. The van der Waals surface area contributed by atoms with Gasteiger partial charge in [-0.3, -0.25) is 4.79 Å². The molecule has 1 aromatic carbocycles. The Hall–Kier alpha value is -2.04. The zero-order valence-electron chi connectivity index (χ0n) is 14.5. The van der Waals surface area contributed by atoms with Gasteiger partial charge in [0.15, 0.2) is 0 Å². The minimum absolute atomic E-state index is 0.0652. The molecule has 0 N–H and O–H groups in total. The fourth-order valence-corrected chi connectivity index (χ4v) is 4.16. The third-order valence-corrected chi connectivity index (χ3v) is 5.61. The Labute approximate surface area is 143 Å². The van der Waals surface area contributed by atoms with Gasteiger partial charge in [-0.1, -0.05) is 30.3 Å². The first-order chi connectivity index (χ1) is 11.6. The first-order valence-corrected chi connectivity index (χ1v) is 8.75.